The van der Waals surface area contributed by atoms with Gasteiger partial charge < -0.3 is 4.57 Å². The number of pyridine rings is 3. The van der Waals surface area contributed by atoms with E-state index in [0.29, 0.717) is 0 Å². The summed E-state index contributed by atoms with van der Waals surface area (Å²) in [6.07, 6.45) is 7.48. The number of aryl methyl sites for hydroxylation is 2. The van der Waals surface area contributed by atoms with Gasteiger partial charge in [0.05, 0.1) is 27.5 Å². The molecule has 0 unspecified atom stereocenters. The number of thiazole rings is 1. The molecule has 6 heteroatoms. The lowest BCUT2D eigenvalue weighted by molar-refractivity contribution is 0.965. The Morgan fingerprint density at radius 1 is 0.964 bits per heavy atom. The van der Waals surface area contributed by atoms with E-state index < -0.39 is 0 Å². The van der Waals surface area contributed by atoms with E-state index in [0.717, 1.165) is 49.1 Å². The van der Waals surface area contributed by atoms with Gasteiger partial charge >= 0.3 is 0 Å². The molecule has 0 aliphatic carbocycles. The standard InChI is InChI=1S/C22H17N5S/c1-14-21(28-22(25-14)16-6-5-9-23-13-16)18-12-15-8-11-27(2)20(15)19(26-18)17-7-3-4-10-24-17/h3-13H,1-2H3. The van der Waals surface area contributed by atoms with Crippen LogP contribution in [-0.2, 0) is 7.05 Å². The quantitative estimate of drug-likeness (QED) is 0.433. The van der Waals surface area contributed by atoms with Crippen molar-refractivity contribution in [2.24, 2.45) is 7.05 Å². The van der Waals surface area contributed by atoms with E-state index in [2.05, 4.69) is 32.9 Å². The first-order valence-electron chi connectivity index (χ1n) is 8.96. The molecule has 0 aromatic carbocycles. The average Bonchev–Trinajstić information content (AvgIpc) is 3.32. The Kier molecular flexibility index (Phi) is 3.98. The minimum Gasteiger partial charge on any atom is -0.349 e. The summed E-state index contributed by atoms with van der Waals surface area (Å²) in [5, 5.41) is 2.10. The predicted octanol–water partition coefficient (Wildman–Crippen LogP) is 5.13. The Morgan fingerprint density at radius 2 is 1.89 bits per heavy atom. The van der Waals surface area contributed by atoms with Crippen molar-refractivity contribution in [3.8, 4) is 32.5 Å². The van der Waals surface area contributed by atoms with E-state index in [1.54, 1.807) is 23.7 Å². The number of rotatable bonds is 3. The van der Waals surface area contributed by atoms with Crippen molar-refractivity contribution in [1.82, 2.24) is 24.5 Å². The molecule has 0 N–H and O–H groups in total. The smallest absolute Gasteiger partial charge is 0.125 e. The monoisotopic (exact) mass is 383 g/mol. The second-order valence-corrected chi connectivity index (χ2v) is 7.61. The molecule has 0 radical (unpaired) electrons. The molecule has 0 fully saturated rings. The summed E-state index contributed by atoms with van der Waals surface area (Å²) in [6.45, 7) is 2.03. The van der Waals surface area contributed by atoms with E-state index in [1.165, 1.54) is 0 Å². The van der Waals surface area contributed by atoms with Crippen LogP contribution >= 0.6 is 11.3 Å². The molecule has 0 saturated carbocycles. The van der Waals surface area contributed by atoms with E-state index in [-0.39, 0.29) is 0 Å². The van der Waals surface area contributed by atoms with Gasteiger partial charge in [-0.3, -0.25) is 9.97 Å². The molecular weight excluding hydrogens is 366 g/mol. The molecule has 0 aliphatic heterocycles. The molecule has 5 heterocycles. The zero-order valence-electron chi connectivity index (χ0n) is 15.5. The average molecular weight is 383 g/mol. The first-order chi connectivity index (χ1) is 13.7. The number of hydrogen-bond donors (Lipinski definition) is 0. The van der Waals surface area contributed by atoms with Crippen LogP contribution in [0, 0.1) is 6.92 Å². The van der Waals surface area contributed by atoms with E-state index >= 15 is 0 Å². The van der Waals surface area contributed by atoms with Gasteiger partial charge in [0.2, 0.25) is 0 Å². The third-order valence-electron chi connectivity index (χ3n) is 4.70. The molecule has 5 rings (SSSR count). The molecule has 5 aromatic heterocycles. The van der Waals surface area contributed by atoms with Crippen LogP contribution < -0.4 is 0 Å². The molecule has 5 aromatic rings. The molecule has 0 spiro atoms. The van der Waals surface area contributed by atoms with E-state index in [9.17, 15) is 0 Å². The van der Waals surface area contributed by atoms with Gasteiger partial charge in [-0.2, -0.15) is 0 Å². The number of fused-ring (bicyclic) bond motifs is 1. The fourth-order valence-electron chi connectivity index (χ4n) is 3.37. The molecule has 136 valence electrons. The summed E-state index contributed by atoms with van der Waals surface area (Å²) in [6, 6.07) is 14.1. The normalized spacial score (nSPS) is 11.2. The Labute approximate surface area is 166 Å². The molecule has 0 bridgehead atoms. The zero-order valence-corrected chi connectivity index (χ0v) is 16.3. The highest BCUT2D eigenvalue weighted by Gasteiger charge is 2.17. The van der Waals surface area contributed by atoms with Gasteiger partial charge in [0.25, 0.3) is 0 Å². The highest BCUT2D eigenvalue weighted by atomic mass is 32.1. The lowest BCUT2D eigenvalue weighted by atomic mass is 10.1. The Hall–Kier alpha value is -3.38. The van der Waals surface area contributed by atoms with E-state index in [4.69, 9.17) is 9.97 Å². The third-order valence-corrected chi connectivity index (χ3v) is 5.93. The summed E-state index contributed by atoms with van der Waals surface area (Å²) < 4.78 is 2.09. The maximum Gasteiger partial charge on any atom is 0.125 e. The molecule has 0 atom stereocenters. The minimum absolute atomic E-state index is 0.866. The molecule has 28 heavy (non-hydrogen) atoms. The van der Waals surface area contributed by atoms with Gasteiger partial charge in [0.15, 0.2) is 0 Å². The minimum atomic E-state index is 0.866. The SMILES string of the molecule is Cc1nc(-c2cccnc2)sc1-c1cc2ccn(C)c2c(-c2ccccn2)n1. The van der Waals surface area contributed by atoms with Gasteiger partial charge in [-0.05, 0) is 43.3 Å². The van der Waals surface area contributed by atoms with Crippen LogP contribution in [0.15, 0.2) is 67.3 Å². The van der Waals surface area contributed by atoms with Gasteiger partial charge in [0.1, 0.15) is 10.7 Å². The van der Waals surface area contributed by atoms with Crippen LogP contribution in [0.5, 0.6) is 0 Å². The van der Waals surface area contributed by atoms with Crippen molar-refractivity contribution >= 4 is 22.2 Å². The first-order valence-corrected chi connectivity index (χ1v) is 9.78. The lowest BCUT2D eigenvalue weighted by Crippen LogP contribution is -1.95. The summed E-state index contributed by atoms with van der Waals surface area (Å²) in [7, 11) is 2.04. The van der Waals surface area contributed by atoms with Crippen molar-refractivity contribution in [1.29, 1.82) is 0 Å². The molecule has 0 amide bonds. The van der Waals surface area contributed by atoms with Crippen molar-refractivity contribution in [2.45, 2.75) is 6.92 Å². The number of hydrogen-bond acceptors (Lipinski definition) is 5. The summed E-state index contributed by atoms with van der Waals surface area (Å²) >= 11 is 1.64. The van der Waals surface area contributed by atoms with Gasteiger partial charge in [-0.15, -0.1) is 11.3 Å². The Bertz CT molecular complexity index is 1270. The van der Waals surface area contributed by atoms with Gasteiger partial charge in [-0.25, -0.2) is 9.97 Å². The van der Waals surface area contributed by atoms with Crippen LogP contribution in [-0.4, -0.2) is 24.5 Å². The Balaban J connectivity index is 1.72. The molecule has 0 saturated heterocycles. The number of nitrogens with zero attached hydrogens (tertiary/aromatic N) is 5. The van der Waals surface area contributed by atoms with Crippen LogP contribution in [0.3, 0.4) is 0 Å². The van der Waals surface area contributed by atoms with Gasteiger partial charge in [-0.1, -0.05) is 6.07 Å². The van der Waals surface area contributed by atoms with Crippen molar-refractivity contribution < 1.29 is 0 Å². The highest BCUT2D eigenvalue weighted by Crippen LogP contribution is 2.37. The summed E-state index contributed by atoms with van der Waals surface area (Å²) in [4.78, 5) is 19.6. The maximum absolute atomic E-state index is 5.01. The van der Waals surface area contributed by atoms with Gasteiger partial charge in [0, 0.05) is 42.8 Å². The van der Waals surface area contributed by atoms with Crippen LogP contribution in [0.25, 0.3) is 43.4 Å². The topological polar surface area (TPSA) is 56.5 Å². The Morgan fingerprint density at radius 3 is 2.68 bits per heavy atom. The molecule has 0 aliphatic rings. The van der Waals surface area contributed by atoms with Crippen molar-refractivity contribution in [3.63, 3.8) is 0 Å². The fraction of sp³-hybridized carbons (Fsp3) is 0.0909. The largest absolute Gasteiger partial charge is 0.349 e. The number of aromatic nitrogens is 5. The first kappa shape index (κ1) is 16.8. The van der Waals surface area contributed by atoms with Crippen LogP contribution in [0.1, 0.15) is 5.69 Å². The maximum atomic E-state index is 5.01. The molecule has 5 nitrogen and oxygen atoms in total. The van der Waals surface area contributed by atoms with Crippen LogP contribution in [0.2, 0.25) is 0 Å². The second kappa shape index (κ2) is 6.65. The van der Waals surface area contributed by atoms with Crippen molar-refractivity contribution in [2.75, 3.05) is 0 Å². The van der Waals surface area contributed by atoms with Crippen molar-refractivity contribution in [3.05, 3.63) is 72.9 Å². The van der Waals surface area contributed by atoms with Crippen LogP contribution in [0.4, 0.5) is 0 Å². The highest BCUT2D eigenvalue weighted by molar-refractivity contribution is 7.18. The third kappa shape index (κ3) is 2.78. The predicted molar refractivity (Wildman–Crippen MR) is 113 cm³/mol. The fourth-order valence-corrected chi connectivity index (χ4v) is 4.38. The lowest BCUT2D eigenvalue weighted by Gasteiger charge is -2.08. The van der Waals surface area contributed by atoms with E-state index in [1.807, 2.05) is 50.5 Å². The second-order valence-electron chi connectivity index (χ2n) is 6.61. The molecular formula is C22H17N5S. The zero-order chi connectivity index (χ0) is 19.1. The summed E-state index contributed by atoms with van der Waals surface area (Å²) in [5.41, 5.74) is 5.75. The summed E-state index contributed by atoms with van der Waals surface area (Å²) in [5.74, 6) is 0.